The Balaban J connectivity index is 0.870. The molecule has 0 aromatic heterocycles. The molecule has 0 saturated carbocycles. The van der Waals surface area contributed by atoms with E-state index in [2.05, 4.69) is 0 Å². The van der Waals surface area contributed by atoms with Crippen LogP contribution in [-0.4, -0.2) is 35.5 Å². The van der Waals surface area contributed by atoms with E-state index in [0.29, 0.717) is 35.4 Å². The second-order valence-corrected chi connectivity index (χ2v) is 18.3. The zero-order valence-electron chi connectivity index (χ0n) is 38.7. The highest BCUT2D eigenvalue weighted by Gasteiger charge is 2.95. The average Bonchev–Trinajstić information content (AvgIpc) is 3.53. The van der Waals surface area contributed by atoms with E-state index in [9.17, 15) is 0 Å². The van der Waals surface area contributed by atoms with Crippen molar-refractivity contribution in [3.63, 3.8) is 0 Å². The largest absolute Gasteiger partial charge is 0.385 e. The average molecular weight is 1060 g/mol. The van der Waals surface area contributed by atoms with E-state index >= 15 is 70.2 Å². The Morgan fingerprint density at radius 1 is 0.197 bits per heavy atom. The Morgan fingerprint density at radius 3 is 0.724 bits per heavy atom. The highest BCUT2D eigenvalue weighted by Crippen LogP contribution is 2.66. The van der Waals surface area contributed by atoms with Crippen LogP contribution in [0.3, 0.4) is 0 Å². The Labute approximate surface area is 421 Å². The quantitative estimate of drug-likeness (QED) is 0.0797. The number of alkyl halides is 16. The molecular weight excluding hydrogens is 1020 g/mol. The highest BCUT2D eigenvalue weighted by atomic mass is 19.4. The molecule has 0 radical (unpaired) electrons. The third kappa shape index (κ3) is 7.68. The van der Waals surface area contributed by atoms with Gasteiger partial charge in [0, 0.05) is 11.1 Å². The smallest absolute Gasteiger partial charge is 0.194 e. The molecule has 10 aromatic carbocycles. The molecule has 0 heterocycles. The highest BCUT2D eigenvalue weighted by molar-refractivity contribution is 6.15. The lowest BCUT2D eigenvalue weighted by atomic mass is 9.85. The predicted molar refractivity (Wildman–Crippen MR) is 262 cm³/mol. The summed E-state index contributed by atoms with van der Waals surface area (Å²) >= 11 is 0. The van der Waals surface area contributed by atoms with Gasteiger partial charge in [0.2, 0.25) is 0 Å². The van der Waals surface area contributed by atoms with Crippen molar-refractivity contribution in [1.82, 2.24) is 0 Å². The molecule has 0 amide bonds. The van der Waals surface area contributed by atoms with Gasteiger partial charge in [0.1, 0.15) is 0 Å². The van der Waals surface area contributed by atoms with Gasteiger partial charge in [-0.2, -0.15) is 70.2 Å². The SMILES string of the molecule is FC(F)(c1ccc(-c2ccc(-c3cc4ccccc4c4ccccc34)cc2)cc1)C(F)(F)C(F)(F)C(F)(F)C(F)(F)C(F)(F)C(F)(F)C(F)(F)c1ccc(-c2ccc(-c3cc4ccccc4c4ccccc34)cc2)cc1. The standard InChI is InChI=1S/C60H34F16/c61-53(62,43-29-25-37(26-30-43)35-17-21-39(22-18-35)51-33-41-9-1-3-11-45(41)47-13-5-7-15-49(47)51)55(65,66)57(69,70)59(73,74)60(75,76)58(71,72)56(67,68)54(63,64)44-31-27-38(28-32-44)36-19-23-40(24-20-36)52-34-42-10-2-4-12-46(42)48-14-6-8-16-50(48)52/h1-34H. The molecule has 0 aliphatic carbocycles. The van der Waals surface area contributed by atoms with Crippen molar-refractivity contribution in [2.75, 3.05) is 0 Å². The minimum atomic E-state index is -8.57. The summed E-state index contributed by atoms with van der Waals surface area (Å²) in [5.74, 6) is -62.6. The summed E-state index contributed by atoms with van der Waals surface area (Å²) in [7, 11) is 0. The minimum absolute atomic E-state index is 0.0394. The van der Waals surface area contributed by atoms with Crippen molar-refractivity contribution >= 4 is 43.1 Å². The molecule has 0 bridgehead atoms. The lowest BCUT2D eigenvalue weighted by Gasteiger charge is -2.43. The molecule has 0 nitrogen and oxygen atoms in total. The summed E-state index contributed by atoms with van der Waals surface area (Å²) in [6, 6.07) is 49.0. The van der Waals surface area contributed by atoms with E-state index in [1.807, 2.05) is 109 Å². The number of hydrogen-bond donors (Lipinski definition) is 0. The number of benzene rings is 10. The van der Waals surface area contributed by atoms with Gasteiger partial charge in [-0.3, -0.25) is 0 Å². The summed E-state index contributed by atoms with van der Waals surface area (Å²) < 4.78 is 243. The summed E-state index contributed by atoms with van der Waals surface area (Å²) in [5, 5.41) is 7.33. The van der Waals surface area contributed by atoms with Crippen molar-refractivity contribution in [1.29, 1.82) is 0 Å². The molecule has 16 heteroatoms. The molecule has 10 aromatic rings. The molecule has 386 valence electrons. The zero-order valence-corrected chi connectivity index (χ0v) is 38.7. The Morgan fingerprint density at radius 2 is 0.421 bits per heavy atom. The maximum Gasteiger partial charge on any atom is 0.385 e. The van der Waals surface area contributed by atoms with Crippen LogP contribution >= 0.6 is 0 Å². The maximum atomic E-state index is 15.4. The molecule has 10 rings (SSSR count). The first kappa shape index (κ1) is 51.6. The molecule has 0 unspecified atom stereocenters. The fourth-order valence-electron chi connectivity index (χ4n) is 9.56. The van der Waals surface area contributed by atoms with Crippen LogP contribution in [0.4, 0.5) is 70.2 Å². The molecule has 0 spiro atoms. The van der Waals surface area contributed by atoms with Gasteiger partial charge in [0.05, 0.1) is 0 Å². The summed E-state index contributed by atoms with van der Waals surface area (Å²) in [4.78, 5) is 0. The first-order valence-electron chi connectivity index (χ1n) is 23.0. The van der Waals surface area contributed by atoms with Crippen LogP contribution in [0.5, 0.6) is 0 Å². The molecule has 0 aliphatic heterocycles. The Hall–Kier alpha value is -7.88. The van der Waals surface area contributed by atoms with Gasteiger partial charge < -0.3 is 0 Å². The van der Waals surface area contributed by atoms with E-state index in [1.54, 1.807) is 24.3 Å². The fraction of sp³-hybridized carbons (Fsp3) is 0.133. The molecule has 76 heavy (non-hydrogen) atoms. The van der Waals surface area contributed by atoms with Crippen LogP contribution in [0.1, 0.15) is 11.1 Å². The van der Waals surface area contributed by atoms with Gasteiger partial charge in [-0.1, -0.05) is 194 Å². The van der Waals surface area contributed by atoms with Crippen LogP contribution in [-0.2, 0) is 11.8 Å². The Bertz CT molecular complexity index is 3560. The first-order chi connectivity index (χ1) is 35.8. The zero-order chi connectivity index (χ0) is 54.4. The van der Waals surface area contributed by atoms with Crippen molar-refractivity contribution in [2.24, 2.45) is 0 Å². The Kier molecular flexibility index (Phi) is 12.1. The van der Waals surface area contributed by atoms with Gasteiger partial charge in [-0.15, -0.1) is 0 Å². The van der Waals surface area contributed by atoms with E-state index in [1.165, 1.54) is 24.3 Å². The van der Waals surface area contributed by atoms with Crippen molar-refractivity contribution in [3.8, 4) is 44.5 Å². The molecule has 0 aliphatic rings. The monoisotopic (exact) mass is 1060 g/mol. The van der Waals surface area contributed by atoms with Crippen LogP contribution in [0.25, 0.3) is 87.6 Å². The van der Waals surface area contributed by atoms with Crippen molar-refractivity contribution < 1.29 is 70.2 Å². The molecule has 0 atom stereocenters. The summed E-state index contributed by atoms with van der Waals surface area (Å²) in [6.07, 6.45) is 0. The van der Waals surface area contributed by atoms with Crippen LogP contribution in [0, 0.1) is 0 Å². The van der Waals surface area contributed by atoms with Crippen molar-refractivity contribution in [2.45, 2.75) is 47.4 Å². The first-order valence-corrected chi connectivity index (χ1v) is 23.0. The second-order valence-electron chi connectivity index (χ2n) is 18.3. The van der Waals surface area contributed by atoms with E-state index in [-0.39, 0.29) is 46.5 Å². The third-order valence-electron chi connectivity index (χ3n) is 13.8. The summed E-state index contributed by atoms with van der Waals surface area (Å²) in [6.45, 7) is 0. The number of halogens is 16. The minimum Gasteiger partial charge on any atom is -0.194 e. The number of hydrogen-bond acceptors (Lipinski definition) is 0. The van der Waals surface area contributed by atoms with Gasteiger partial charge in [-0.05, 0) is 99.7 Å². The molecular formula is C60H34F16. The van der Waals surface area contributed by atoms with E-state index < -0.39 is 58.5 Å². The van der Waals surface area contributed by atoms with Crippen molar-refractivity contribution in [3.05, 3.63) is 217 Å². The van der Waals surface area contributed by atoms with Crippen LogP contribution in [0.15, 0.2) is 206 Å². The normalized spacial score (nSPS) is 13.5. The molecule has 0 N–H and O–H groups in total. The second kappa shape index (κ2) is 17.9. The molecule has 0 fully saturated rings. The number of fused-ring (bicyclic) bond motifs is 6. The lowest BCUT2D eigenvalue weighted by Crippen LogP contribution is -2.74. The fourth-order valence-corrected chi connectivity index (χ4v) is 9.56. The van der Waals surface area contributed by atoms with Crippen LogP contribution in [0.2, 0.25) is 0 Å². The summed E-state index contributed by atoms with van der Waals surface area (Å²) in [5.41, 5.74) is -1.18. The number of rotatable bonds is 13. The van der Waals surface area contributed by atoms with Crippen LogP contribution < -0.4 is 0 Å². The van der Waals surface area contributed by atoms with E-state index in [4.69, 9.17) is 0 Å². The molecule has 0 saturated heterocycles. The van der Waals surface area contributed by atoms with E-state index in [0.717, 1.165) is 54.2 Å². The topological polar surface area (TPSA) is 0 Å². The van der Waals surface area contributed by atoms with Gasteiger partial charge in [0.25, 0.3) is 0 Å². The maximum absolute atomic E-state index is 15.4. The van der Waals surface area contributed by atoms with Gasteiger partial charge >= 0.3 is 47.4 Å². The van der Waals surface area contributed by atoms with Gasteiger partial charge in [0.15, 0.2) is 0 Å². The third-order valence-corrected chi connectivity index (χ3v) is 13.8. The lowest BCUT2D eigenvalue weighted by molar-refractivity contribution is -0.456. The van der Waals surface area contributed by atoms with Gasteiger partial charge in [-0.25, -0.2) is 0 Å². The predicted octanol–water partition coefficient (Wildman–Crippen LogP) is 19.7.